The van der Waals surface area contributed by atoms with E-state index in [2.05, 4.69) is 46.7 Å². The lowest BCUT2D eigenvalue weighted by atomic mass is 9.75. The number of aromatic amines is 1. The van der Waals surface area contributed by atoms with Gasteiger partial charge in [0.15, 0.2) is 5.78 Å². The summed E-state index contributed by atoms with van der Waals surface area (Å²) in [5, 5.41) is 2.93. The molecule has 2 N–H and O–H groups in total. The fourth-order valence-corrected chi connectivity index (χ4v) is 3.84. The number of rotatable bonds is 2. The molecule has 3 rings (SSSR count). The van der Waals surface area contributed by atoms with Gasteiger partial charge < -0.3 is 10.3 Å². The number of fused-ring (bicyclic) bond motifs is 1. The molecule has 5 heteroatoms. The Bertz CT molecular complexity index is 849. The summed E-state index contributed by atoms with van der Waals surface area (Å²) in [4.78, 5) is 28.3. The number of anilines is 1. The number of aromatic nitrogens is 1. The number of halogens is 1. The minimum absolute atomic E-state index is 0.0673. The van der Waals surface area contributed by atoms with Gasteiger partial charge in [-0.1, -0.05) is 19.9 Å². The first-order valence-electron chi connectivity index (χ1n) is 8.00. The van der Waals surface area contributed by atoms with Crippen LogP contribution in [0.4, 0.5) is 5.69 Å². The summed E-state index contributed by atoms with van der Waals surface area (Å²) in [6.07, 6.45) is 1.31. The maximum absolute atomic E-state index is 12.7. The molecule has 0 atom stereocenters. The van der Waals surface area contributed by atoms with E-state index in [0.29, 0.717) is 17.7 Å². The summed E-state index contributed by atoms with van der Waals surface area (Å²) in [5.74, 6) is -0.0777. The van der Waals surface area contributed by atoms with E-state index in [4.69, 9.17) is 0 Å². The number of amides is 1. The molecule has 0 saturated heterocycles. The smallest absolute Gasteiger partial charge is 0.272 e. The highest BCUT2D eigenvalue weighted by molar-refractivity contribution is 14.1. The molecule has 4 nitrogen and oxygen atoms in total. The van der Waals surface area contributed by atoms with E-state index in [-0.39, 0.29) is 17.1 Å². The van der Waals surface area contributed by atoms with Crippen LogP contribution in [-0.4, -0.2) is 16.7 Å². The Hall–Kier alpha value is -1.63. The summed E-state index contributed by atoms with van der Waals surface area (Å²) >= 11 is 2.25. The number of H-pyrrole nitrogens is 1. The van der Waals surface area contributed by atoms with Gasteiger partial charge in [-0.2, -0.15) is 0 Å². The fourth-order valence-electron chi connectivity index (χ4n) is 3.32. The third-order valence-corrected chi connectivity index (χ3v) is 5.72. The number of aryl methyl sites for hydroxylation is 1. The maximum Gasteiger partial charge on any atom is 0.272 e. The number of benzene rings is 1. The minimum atomic E-state index is -0.202. The van der Waals surface area contributed by atoms with E-state index < -0.39 is 0 Å². The van der Waals surface area contributed by atoms with Crippen LogP contribution >= 0.6 is 22.6 Å². The van der Waals surface area contributed by atoms with Crippen molar-refractivity contribution in [3.05, 3.63) is 49.8 Å². The van der Waals surface area contributed by atoms with Crippen molar-refractivity contribution in [3.63, 3.8) is 0 Å². The molecular weight excluding hydrogens is 415 g/mol. The van der Waals surface area contributed by atoms with Crippen LogP contribution in [0.5, 0.6) is 0 Å². The van der Waals surface area contributed by atoms with Crippen LogP contribution in [-0.2, 0) is 6.42 Å². The van der Waals surface area contributed by atoms with Crippen LogP contribution < -0.4 is 5.32 Å². The Morgan fingerprint density at radius 1 is 1.25 bits per heavy atom. The molecule has 1 amide bonds. The third-order valence-electron chi connectivity index (χ3n) is 4.56. The van der Waals surface area contributed by atoms with E-state index in [1.807, 2.05) is 32.0 Å². The third kappa shape index (κ3) is 3.14. The average Bonchev–Trinajstić information content (AvgIpc) is 2.78. The lowest BCUT2D eigenvalue weighted by Gasteiger charge is -2.28. The Balaban J connectivity index is 1.91. The van der Waals surface area contributed by atoms with Crippen molar-refractivity contribution in [2.75, 3.05) is 5.32 Å². The topological polar surface area (TPSA) is 62.0 Å². The van der Waals surface area contributed by atoms with Crippen molar-refractivity contribution in [2.24, 2.45) is 5.41 Å². The van der Waals surface area contributed by atoms with Gasteiger partial charge in [-0.25, -0.2) is 0 Å². The number of carbonyl (C=O) groups excluding carboxylic acids is 2. The second-order valence-corrected chi connectivity index (χ2v) is 8.50. The Kier molecular flexibility index (Phi) is 4.32. The van der Waals surface area contributed by atoms with Crippen LogP contribution in [0.1, 0.15) is 57.9 Å². The molecule has 1 aliphatic rings. The Morgan fingerprint density at radius 3 is 2.62 bits per heavy atom. The van der Waals surface area contributed by atoms with Crippen LogP contribution in [0.25, 0.3) is 0 Å². The van der Waals surface area contributed by atoms with Crippen LogP contribution in [0.2, 0.25) is 0 Å². The Morgan fingerprint density at radius 2 is 1.96 bits per heavy atom. The molecule has 1 aromatic heterocycles. The number of Topliss-reactive ketones (excluding diaryl/α,β-unsaturated/α-hetero) is 1. The second-order valence-electron chi connectivity index (χ2n) is 7.34. The first-order chi connectivity index (χ1) is 11.2. The van der Waals surface area contributed by atoms with Gasteiger partial charge in [0.1, 0.15) is 5.69 Å². The molecule has 0 unspecified atom stereocenters. The highest BCUT2D eigenvalue weighted by Crippen LogP contribution is 2.36. The van der Waals surface area contributed by atoms with Crippen molar-refractivity contribution < 1.29 is 9.59 Å². The first-order valence-corrected chi connectivity index (χ1v) is 9.08. The highest BCUT2D eigenvalue weighted by Gasteiger charge is 2.35. The van der Waals surface area contributed by atoms with Crippen LogP contribution in [0.15, 0.2) is 18.2 Å². The number of ketones is 1. The van der Waals surface area contributed by atoms with E-state index in [9.17, 15) is 9.59 Å². The molecule has 0 fully saturated rings. The largest absolute Gasteiger partial charge is 0.354 e. The number of carbonyl (C=O) groups is 2. The lowest BCUT2D eigenvalue weighted by Crippen LogP contribution is -2.26. The van der Waals surface area contributed by atoms with Gasteiger partial charge >= 0.3 is 0 Å². The summed E-state index contributed by atoms with van der Waals surface area (Å²) in [5.41, 5.74) is 4.70. The monoisotopic (exact) mass is 436 g/mol. The molecule has 1 aromatic carbocycles. The summed E-state index contributed by atoms with van der Waals surface area (Å²) < 4.78 is 1.10. The molecule has 0 saturated carbocycles. The van der Waals surface area contributed by atoms with Gasteiger partial charge in [-0.05, 0) is 71.5 Å². The molecule has 0 radical (unpaired) electrons. The van der Waals surface area contributed by atoms with E-state index in [0.717, 1.165) is 26.9 Å². The average molecular weight is 436 g/mol. The predicted octanol–water partition coefficient (Wildman–Crippen LogP) is 4.64. The molecule has 2 aromatic rings. The molecular formula is C19H21IN2O2. The molecule has 126 valence electrons. The first kappa shape index (κ1) is 17.2. The highest BCUT2D eigenvalue weighted by atomic mass is 127. The van der Waals surface area contributed by atoms with E-state index in [1.165, 1.54) is 5.56 Å². The SMILES string of the molecule is Cc1ccc(NC(=O)c2[nH]c3c(c2C)C(=O)CC(C)(C)C3)cc1I. The number of hydrogen-bond donors (Lipinski definition) is 2. The predicted molar refractivity (Wildman–Crippen MR) is 104 cm³/mol. The van der Waals surface area contributed by atoms with Gasteiger partial charge in [0.05, 0.1) is 0 Å². The van der Waals surface area contributed by atoms with Crippen molar-refractivity contribution in [1.29, 1.82) is 0 Å². The molecule has 1 aliphatic carbocycles. The zero-order chi connectivity index (χ0) is 17.6. The van der Waals surface area contributed by atoms with E-state index in [1.54, 1.807) is 0 Å². The maximum atomic E-state index is 12.7. The standard InChI is InChI=1S/C19H21IN2O2/c1-10-5-6-12(7-13(10)20)21-18(24)17-11(2)16-14(22-17)8-19(3,4)9-15(16)23/h5-7,22H,8-9H2,1-4H3,(H,21,24). The van der Waals surface area contributed by atoms with Gasteiger partial charge in [0.25, 0.3) is 5.91 Å². The minimum Gasteiger partial charge on any atom is -0.354 e. The molecule has 0 bridgehead atoms. The van der Waals surface area contributed by atoms with Crippen molar-refractivity contribution in [2.45, 2.75) is 40.5 Å². The molecule has 1 heterocycles. The van der Waals surface area contributed by atoms with Crippen LogP contribution in [0.3, 0.4) is 0 Å². The summed E-state index contributed by atoms with van der Waals surface area (Å²) in [6, 6.07) is 5.82. The van der Waals surface area contributed by atoms with Crippen molar-refractivity contribution >= 4 is 40.0 Å². The van der Waals surface area contributed by atoms with Gasteiger partial charge in [-0.15, -0.1) is 0 Å². The molecule has 0 aliphatic heterocycles. The van der Waals surface area contributed by atoms with Crippen molar-refractivity contribution in [1.82, 2.24) is 4.98 Å². The quantitative estimate of drug-likeness (QED) is 0.674. The van der Waals surface area contributed by atoms with Gasteiger partial charge in [-0.3, -0.25) is 9.59 Å². The second kappa shape index (κ2) is 6.02. The van der Waals surface area contributed by atoms with E-state index >= 15 is 0 Å². The zero-order valence-corrected chi connectivity index (χ0v) is 16.5. The normalized spacial score (nSPS) is 16.0. The summed E-state index contributed by atoms with van der Waals surface area (Å²) in [7, 11) is 0. The van der Waals surface area contributed by atoms with Crippen LogP contribution in [0, 0.1) is 22.8 Å². The van der Waals surface area contributed by atoms with Gasteiger partial charge in [0.2, 0.25) is 0 Å². The van der Waals surface area contributed by atoms with Crippen molar-refractivity contribution in [3.8, 4) is 0 Å². The number of nitrogens with one attached hydrogen (secondary N) is 2. The Labute approximate surface area is 155 Å². The fraction of sp³-hybridized carbons (Fsp3) is 0.368. The van der Waals surface area contributed by atoms with Gasteiger partial charge in [0, 0.05) is 26.9 Å². The summed E-state index contributed by atoms with van der Waals surface area (Å²) in [6.45, 7) is 8.04. The molecule has 24 heavy (non-hydrogen) atoms. The zero-order valence-electron chi connectivity index (χ0n) is 14.3. The lowest BCUT2D eigenvalue weighted by molar-refractivity contribution is 0.0910. The molecule has 0 spiro atoms. The number of hydrogen-bond acceptors (Lipinski definition) is 2.